The predicted molar refractivity (Wildman–Crippen MR) is 92.5 cm³/mol. The molecule has 3 atom stereocenters. The molecule has 0 bridgehead atoms. The van der Waals surface area contributed by atoms with E-state index in [1.54, 1.807) is 24.7 Å². The lowest BCUT2D eigenvalue weighted by atomic mass is 10.1. The van der Waals surface area contributed by atoms with Crippen LogP contribution in [0.25, 0.3) is 0 Å². The van der Waals surface area contributed by atoms with Gasteiger partial charge in [0.2, 0.25) is 11.8 Å². The number of aromatic nitrogens is 2. The van der Waals surface area contributed by atoms with Crippen LogP contribution in [0, 0.1) is 17.8 Å². The van der Waals surface area contributed by atoms with E-state index in [-0.39, 0.29) is 11.8 Å². The van der Waals surface area contributed by atoms with Crippen molar-refractivity contribution in [1.82, 2.24) is 14.9 Å². The molecule has 0 aromatic carbocycles. The van der Waals surface area contributed by atoms with Gasteiger partial charge in [-0.05, 0) is 42.0 Å². The highest BCUT2D eigenvalue weighted by molar-refractivity contribution is 5.91. The first-order valence-electron chi connectivity index (χ1n) is 8.58. The first-order valence-corrected chi connectivity index (χ1v) is 8.58. The van der Waals surface area contributed by atoms with Crippen LogP contribution in [-0.4, -0.2) is 39.8 Å². The second-order valence-electron chi connectivity index (χ2n) is 6.78. The van der Waals surface area contributed by atoms with Gasteiger partial charge in [-0.15, -0.1) is 0 Å². The number of likely N-dealkylation sites (tertiary alicyclic amines) is 1. The Morgan fingerprint density at radius 3 is 2.64 bits per heavy atom. The van der Waals surface area contributed by atoms with Crippen molar-refractivity contribution in [2.75, 3.05) is 18.4 Å². The minimum absolute atomic E-state index is 0.0266. The van der Waals surface area contributed by atoms with Crippen molar-refractivity contribution >= 4 is 17.5 Å². The molecular formula is C19H20N4O2. The number of pyridine rings is 2. The number of carbonyl (C=O) groups is 2. The van der Waals surface area contributed by atoms with E-state index in [4.69, 9.17) is 0 Å². The molecule has 4 rings (SSSR count). The number of anilines is 1. The Bertz CT molecular complexity index is 754. The maximum absolute atomic E-state index is 12.4. The Morgan fingerprint density at radius 1 is 1.12 bits per heavy atom. The summed E-state index contributed by atoms with van der Waals surface area (Å²) in [6, 6.07) is 9.25. The number of nitrogens with one attached hydrogen (secondary N) is 1. The van der Waals surface area contributed by atoms with Gasteiger partial charge in [0.15, 0.2) is 0 Å². The number of hydrogen-bond acceptors (Lipinski definition) is 4. The predicted octanol–water partition coefficient (Wildman–Crippen LogP) is 1.75. The fraction of sp³-hybridized carbons (Fsp3) is 0.368. The summed E-state index contributed by atoms with van der Waals surface area (Å²) in [5, 5.41) is 2.88. The average molecular weight is 336 g/mol. The normalized spacial score (nSPS) is 23.8. The summed E-state index contributed by atoms with van der Waals surface area (Å²) in [5.74, 6) is 1.48. The van der Waals surface area contributed by atoms with Gasteiger partial charge >= 0.3 is 0 Å². The molecule has 1 saturated carbocycles. The zero-order chi connectivity index (χ0) is 17.2. The van der Waals surface area contributed by atoms with Crippen LogP contribution in [0.4, 0.5) is 5.69 Å². The van der Waals surface area contributed by atoms with Crippen LogP contribution >= 0.6 is 0 Å². The molecule has 6 heteroatoms. The Balaban J connectivity index is 1.24. The first-order chi connectivity index (χ1) is 12.2. The van der Waals surface area contributed by atoms with Gasteiger partial charge in [0.25, 0.3) is 0 Å². The fourth-order valence-corrected chi connectivity index (χ4v) is 3.79. The number of rotatable bonds is 5. The van der Waals surface area contributed by atoms with Gasteiger partial charge in [-0.2, -0.15) is 0 Å². The summed E-state index contributed by atoms with van der Waals surface area (Å²) in [5.41, 5.74) is 1.53. The van der Waals surface area contributed by atoms with Crippen molar-refractivity contribution in [3.63, 3.8) is 0 Å². The SMILES string of the molecule is O=C(CC1[C@H]2CN(C(=O)Cc3ccccn3)C[C@@H]12)Nc1cccnc1. The van der Waals surface area contributed by atoms with Crippen molar-refractivity contribution in [1.29, 1.82) is 0 Å². The summed E-state index contributed by atoms with van der Waals surface area (Å²) < 4.78 is 0. The van der Waals surface area contributed by atoms with E-state index in [9.17, 15) is 9.59 Å². The standard InChI is InChI=1S/C19H20N4O2/c24-18(22-14-5-3-6-20-10-14)9-15-16-11-23(12-17(15)16)19(25)8-13-4-1-2-7-21-13/h1-7,10,15-17H,8-9,11-12H2,(H,22,24)/t15?,16-,17+. The molecule has 3 heterocycles. The molecule has 2 fully saturated rings. The van der Waals surface area contributed by atoms with Crippen molar-refractivity contribution in [2.45, 2.75) is 12.8 Å². The lowest BCUT2D eigenvalue weighted by Crippen LogP contribution is -2.33. The van der Waals surface area contributed by atoms with E-state index in [1.807, 2.05) is 29.2 Å². The van der Waals surface area contributed by atoms with E-state index < -0.39 is 0 Å². The lowest BCUT2D eigenvalue weighted by Gasteiger charge is -2.19. The van der Waals surface area contributed by atoms with E-state index in [0.29, 0.717) is 30.6 Å². The van der Waals surface area contributed by atoms with Crippen LogP contribution in [0.15, 0.2) is 48.9 Å². The largest absolute Gasteiger partial charge is 0.342 e. The molecule has 1 saturated heterocycles. The molecule has 2 amide bonds. The maximum Gasteiger partial charge on any atom is 0.228 e. The third-order valence-corrected chi connectivity index (χ3v) is 5.15. The molecule has 6 nitrogen and oxygen atoms in total. The molecule has 2 aromatic rings. The molecule has 25 heavy (non-hydrogen) atoms. The smallest absolute Gasteiger partial charge is 0.228 e. The molecular weight excluding hydrogens is 316 g/mol. The minimum atomic E-state index is 0.0266. The van der Waals surface area contributed by atoms with Gasteiger partial charge in [-0.25, -0.2) is 0 Å². The summed E-state index contributed by atoms with van der Waals surface area (Å²) >= 11 is 0. The quantitative estimate of drug-likeness (QED) is 0.903. The number of nitrogens with zero attached hydrogens (tertiary/aromatic N) is 3. The molecule has 2 aliphatic rings. The monoisotopic (exact) mass is 336 g/mol. The molecule has 1 aliphatic carbocycles. The first kappa shape index (κ1) is 15.7. The van der Waals surface area contributed by atoms with E-state index in [2.05, 4.69) is 15.3 Å². The zero-order valence-electron chi connectivity index (χ0n) is 13.8. The molecule has 1 unspecified atom stereocenters. The minimum Gasteiger partial charge on any atom is -0.342 e. The van der Waals surface area contributed by atoms with Crippen LogP contribution < -0.4 is 5.32 Å². The molecule has 1 N–H and O–H groups in total. The van der Waals surface area contributed by atoms with Crippen molar-refractivity contribution in [3.05, 3.63) is 54.6 Å². The topological polar surface area (TPSA) is 75.2 Å². The van der Waals surface area contributed by atoms with E-state index in [1.165, 1.54) is 0 Å². The third-order valence-electron chi connectivity index (χ3n) is 5.15. The third kappa shape index (κ3) is 3.52. The highest BCUT2D eigenvalue weighted by atomic mass is 16.2. The van der Waals surface area contributed by atoms with Gasteiger partial charge < -0.3 is 10.2 Å². The van der Waals surface area contributed by atoms with Gasteiger partial charge in [0, 0.05) is 37.6 Å². The van der Waals surface area contributed by atoms with Crippen LogP contribution in [0.3, 0.4) is 0 Å². The molecule has 2 aromatic heterocycles. The number of piperidine rings is 1. The van der Waals surface area contributed by atoms with E-state index >= 15 is 0 Å². The average Bonchev–Trinajstić information content (AvgIpc) is 3.05. The van der Waals surface area contributed by atoms with Gasteiger partial charge in [-0.3, -0.25) is 19.6 Å². The van der Waals surface area contributed by atoms with Crippen molar-refractivity contribution in [3.8, 4) is 0 Å². The number of carbonyl (C=O) groups excluding carboxylic acids is 2. The summed E-state index contributed by atoms with van der Waals surface area (Å²) in [7, 11) is 0. The number of hydrogen-bond donors (Lipinski definition) is 1. The highest BCUT2D eigenvalue weighted by Gasteiger charge is 2.56. The molecule has 128 valence electrons. The number of fused-ring (bicyclic) bond motifs is 1. The zero-order valence-corrected chi connectivity index (χ0v) is 13.8. The Labute approximate surface area is 146 Å². The summed E-state index contributed by atoms with van der Waals surface area (Å²) in [6.07, 6.45) is 5.90. The Hall–Kier alpha value is -2.76. The second-order valence-corrected chi connectivity index (χ2v) is 6.78. The fourth-order valence-electron chi connectivity index (χ4n) is 3.79. The lowest BCUT2D eigenvalue weighted by molar-refractivity contribution is -0.130. The second kappa shape index (κ2) is 6.63. The molecule has 0 spiro atoms. The van der Waals surface area contributed by atoms with Crippen LogP contribution in [0.5, 0.6) is 0 Å². The van der Waals surface area contributed by atoms with Gasteiger partial charge in [0.05, 0.1) is 18.3 Å². The van der Waals surface area contributed by atoms with E-state index in [0.717, 1.165) is 24.5 Å². The summed E-state index contributed by atoms with van der Waals surface area (Å²) in [6.45, 7) is 1.53. The highest BCUT2D eigenvalue weighted by Crippen LogP contribution is 2.53. The van der Waals surface area contributed by atoms with Crippen molar-refractivity contribution in [2.24, 2.45) is 17.8 Å². The van der Waals surface area contributed by atoms with Crippen LogP contribution in [0.2, 0.25) is 0 Å². The maximum atomic E-state index is 12.4. The van der Waals surface area contributed by atoms with Crippen LogP contribution in [-0.2, 0) is 16.0 Å². The van der Waals surface area contributed by atoms with Crippen LogP contribution in [0.1, 0.15) is 12.1 Å². The Kier molecular flexibility index (Phi) is 4.17. The van der Waals surface area contributed by atoms with Gasteiger partial charge in [0.1, 0.15) is 0 Å². The molecule has 0 radical (unpaired) electrons. The van der Waals surface area contributed by atoms with Gasteiger partial charge in [-0.1, -0.05) is 6.07 Å². The number of amides is 2. The van der Waals surface area contributed by atoms with Crippen molar-refractivity contribution < 1.29 is 9.59 Å². The Morgan fingerprint density at radius 2 is 1.96 bits per heavy atom. The summed E-state index contributed by atoms with van der Waals surface area (Å²) in [4.78, 5) is 34.6. The molecule has 1 aliphatic heterocycles.